The predicted octanol–water partition coefficient (Wildman–Crippen LogP) is 2.30. The number of hydrogen-bond acceptors (Lipinski definition) is 3. The molecule has 7 nitrogen and oxygen atoms in total. The van der Waals surface area contributed by atoms with E-state index in [1.54, 1.807) is 47.0 Å². The molecule has 1 N–H and O–H groups in total. The third-order valence-corrected chi connectivity index (χ3v) is 5.23. The van der Waals surface area contributed by atoms with Gasteiger partial charge in [0.25, 0.3) is 11.5 Å². The quantitative estimate of drug-likeness (QED) is 0.733. The van der Waals surface area contributed by atoms with Crippen LogP contribution in [0.3, 0.4) is 0 Å². The molecule has 140 valence electrons. The van der Waals surface area contributed by atoms with Crippen LogP contribution in [0.25, 0.3) is 16.7 Å². The highest BCUT2D eigenvalue weighted by molar-refractivity contribution is 6.30. The molecule has 1 aliphatic heterocycles. The molecule has 1 saturated heterocycles. The molecule has 3 heterocycles. The van der Waals surface area contributed by atoms with Gasteiger partial charge in [0.1, 0.15) is 5.52 Å². The highest BCUT2D eigenvalue weighted by Gasteiger charge is 2.24. The first-order chi connectivity index (χ1) is 13.0. The zero-order chi connectivity index (χ0) is 19.1. The summed E-state index contributed by atoms with van der Waals surface area (Å²) in [5, 5.41) is 0.512. The number of nitrogens with zero attached hydrogens (tertiary/aromatic N) is 3. The SMILES string of the molecule is Cn1cc(C(=O)N2CCCCC2)c2[nH]c(=O)n(-c3ccc(Cl)cc3)c(=O)c21. The molecule has 0 radical (unpaired) electrons. The number of H-pyrrole nitrogens is 1. The summed E-state index contributed by atoms with van der Waals surface area (Å²) < 4.78 is 2.64. The maximum absolute atomic E-state index is 13.0. The Morgan fingerprint density at radius 2 is 1.74 bits per heavy atom. The second kappa shape index (κ2) is 6.74. The highest BCUT2D eigenvalue weighted by atomic mass is 35.5. The number of carbonyl (C=O) groups excluding carboxylic acids is 1. The number of fused-ring (bicyclic) bond motifs is 1. The van der Waals surface area contributed by atoms with Gasteiger partial charge in [-0.15, -0.1) is 0 Å². The molecule has 0 aliphatic carbocycles. The van der Waals surface area contributed by atoms with Gasteiger partial charge in [0.05, 0.1) is 16.8 Å². The number of aryl methyl sites for hydroxylation is 1. The van der Waals surface area contributed by atoms with Crippen LogP contribution in [-0.4, -0.2) is 38.0 Å². The van der Waals surface area contributed by atoms with Gasteiger partial charge in [0, 0.05) is 31.4 Å². The maximum atomic E-state index is 13.0. The van der Waals surface area contributed by atoms with Gasteiger partial charge in [0.2, 0.25) is 0 Å². The van der Waals surface area contributed by atoms with E-state index in [2.05, 4.69) is 4.98 Å². The molecule has 1 fully saturated rings. The van der Waals surface area contributed by atoms with Crippen LogP contribution < -0.4 is 11.2 Å². The van der Waals surface area contributed by atoms with Crippen molar-refractivity contribution >= 4 is 28.5 Å². The van der Waals surface area contributed by atoms with Crippen LogP contribution in [0.1, 0.15) is 29.6 Å². The molecule has 0 saturated carbocycles. The Labute approximate surface area is 159 Å². The number of benzene rings is 1. The largest absolute Gasteiger partial charge is 0.344 e. The molecule has 1 amide bonds. The van der Waals surface area contributed by atoms with Crippen molar-refractivity contribution < 1.29 is 4.79 Å². The van der Waals surface area contributed by atoms with E-state index in [0.717, 1.165) is 23.8 Å². The fraction of sp³-hybridized carbons (Fsp3) is 0.316. The van der Waals surface area contributed by atoms with Crippen LogP contribution in [0.4, 0.5) is 0 Å². The summed E-state index contributed by atoms with van der Waals surface area (Å²) in [6.07, 6.45) is 4.67. The topological polar surface area (TPSA) is 80.1 Å². The molecule has 8 heteroatoms. The number of aromatic amines is 1. The van der Waals surface area contributed by atoms with Crippen molar-refractivity contribution in [2.24, 2.45) is 7.05 Å². The van der Waals surface area contributed by atoms with Crippen LogP contribution in [0.15, 0.2) is 40.1 Å². The molecule has 0 unspecified atom stereocenters. The molecule has 1 aliphatic rings. The third-order valence-electron chi connectivity index (χ3n) is 4.98. The van der Waals surface area contributed by atoms with Crippen LogP contribution in [-0.2, 0) is 7.05 Å². The highest BCUT2D eigenvalue weighted by Crippen LogP contribution is 2.20. The number of hydrogen-bond donors (Lipinski definition) is 1. The number of carbonyl (C=O) groups is 1. The maximum Gasteiger partial charge on any atom is 0.333 e. The van der Waals surface area contributed by atoms with Crippen molar-refractivity contribution in [2.45, 2.75) is 19.3 Å². The Kier molecular flexibility index (Phi) is 4.39. The summed E-state index contributed by atoms with van der Waals surface area (Å²) in [6, 6.07) is 6.44. The number of aromatic nitrogens is 3. The van der Waals surface area contributed by atoms with Crippen LogP contribution in [0, 0.1) is 0 Å². The molecule has 4 rings (SSSR count). The summed E-state index contributed by atoms with van der Waals surface area (Å²) in [4.78, 5) is 43.1. The minimum Gasteiger partial charge on any atom is -0.344 e. The monoisotopic (exact) mass is 386 g/mol. The summed E-state index contributed by atoms with van der Waals surface area (Å²) in [5.41, 5.74) is 0.271. The van der Waals surface area contributed by atoms with Crippen molar-refractivity contribution in [3.05, 3.63) is 61.9 Å². The average Bonchev–Trinajstić information content (AvgIpc) is 2.99. The third kappa shape index (κ3) is 2.98. The van der Waals surface area contributed by atoms with E-state index < -0.39 is 11.2 Å². The lowest BCUT2D eigenvalue weighted by molar-refractivity contribution is 0.0726. The molecular weight excluding hydrogens is 368 g/mol. The Hall–Kier alpha value is -2.80. The first kappa shape index (κ1) is 17.6. The lowest BCUT2D eigenvalue weighted by atomic mass is 10.1. The number of halogens is 1. The van der Waals surface area contributed by atoms with Gasteiger partial charge in [-0.25, -0.2) is 9.36 Å². The normalized spacial score (nSPS) is 14.7. The first-order valence-corrected chi connectivity index (χ1v) is 9.25. The second-order valence-electron chi connectivity index (χ2n) is 6.78. The van der Waals surface area contributed by atoms with E-state index in [1.807, 2.05) is 0 Å². The Bertz CT molecular complexity index is 1130. The number of likely N-dealkylation sites (tertiary alicyclic amines) is 1. The zero-order valence-corrected chi connectivity index (χ0v) is 15.6. The van der Waals surface area contributed by atoms with E-state index in [4.69, 9.17) is 11.6 Å². The van der Waals surface area contributed by atoms with Crippen molar-refractivity contribution in [2.75, 3.05) is 13.1 Å². The number of nitrogens with one attached hydrogen (secondary N) is 1. The second-order valence-corrected chi connectivity index (χ2v) is 7.21. The molecule has 2 aromatic heterocycles. The van der Waals surface area contributed by atoms with Gasteiger partial charge in [-0.3, -0.25) is 9.59 Å². The minimum absolute atomic E-state index is 0.153. The van der Waals surface area contributed by atoms with Crippen molar-refractivity contribution in [3.8, 4) is 5.69 Å². The number of rotatable bonds is 2. The first-order valence-electron chi connectivity index (χ1n) is 8.87. The van der Waals surface area contributed by atoms with Gasteiger partial charge < -0.3 is 14.5 Å². The lowest BCUT2D eigenvalue weighted by Gasteiger charge is -2.26. The van der Waals surface area contributed by atoms with E-state index in [1.165, 1.54) is 0 Å². The van der Waals surface area contributed by atoms with Gasteiger partial charge in [-0.2, -0.15) is 0 Å². The van der Waals surface area contributed by atoms with Crippen LogP contribution in [0.2, 0.25) is 5.02 Å². The predicted molar refractivity (Wildman–Crippen MR) is 104 cm³/mol. The molecule has 1 aromatic carbocycles. The molecular formula is C19H19ClN4O3. The number of piperidine rings is 1. The average molecular weight is 387 g/mol. The molecule has 0 atom stereocenters. The summed E-state index contributed by atoms with van der Waals surface area (Å²) in [5.74, 6) is -0.153. The van der Waals surface area contributed by atoms with Crippen molar-refractivity contribution in [1.82, 2.24) is 19.0 Å². The van der Waals surface area contributed by atoms with E-state index in [-0.39, 0.29) is 16.9 Å². The Morgan fingerprint density at radius 3 is 2.41 bits per heavy atom. The van der Waals surface area contributed by atoms with Gasteiger partial charge in [-0.1, -0.05) is 11.6 Å². The Morgan fingerprint density at radius 1 is 1.07 bits per heavy atom. The lowest BCUT2D eigenvalue weighted by Crippen LogP contribution is -2.36. The van der Waals surface area contributed by atoms with Crippen molar-refractivity contribution in [3.63, 3.8) is 0 Å². The Balaban J connectivity index is 1.89. The van der Waals surface area contributed by atoms with Gasteiger partial charge >= 0.3 is 5.69 Å². The minimum atomic E-state index is -0.589. The van der Waals surface area contributed by atoms with Gasteiger partial charge in [-0.05, 0) is 43.5 Å². The zero-order valence-electron chi connectivity index (χ0n) is 14.9. The van der Waals surface area contributed by atoms with Crippen molar-refractivity contribution in [1.29, 1.82) is 0 Å². The molecule has 27 heavy (non-hydrogen) atoms. The molecule has 0 spiro atoms. The van der Waals surface area contributed by atoms with E-state index in [9.17, 15) is 14.4 Å². The summed E-state index contributed by atoms with van der Waals surface area (Å²) in [7, 11) is 1.70. The van der Waals surface area contributed by atoms with E-state index >= 15 is 0 Å². The van der Waals surface area contributed by atoms with Gasteiger partial charge in [0.15, 0.2) is 0 Å². The molecule has 3 aromatic rings. The number of amides is 1. The van der Waals surface area contributed by atoms with E-state index in [0.29, 0.717) is 29.4 Å². The standard InChI is InChI=1S/C19H19ClN4O3/c1-22-11-14(17(25)23-9-3-2-4-10-23)15-16(22)18(26)24(19(27)21-15)13-7-5-12(20)6-8-13/h5-8,11H,2-4,9-10H2,1H3,(H,21,27). The molecule has 0 bridgehead atoms. The smallest absolute Gasteiger partial charge is 0.333 e. The fourth-order valence-electron chi connectivity index (χ4n) is 3.63. The fourth-order valence-corrected chi connectivity index (χ4v) is 3.75. The van der Waals surface area contributed by atoms with Crippen LogP contribution >= 0.6 is 11.6 Å². The summed E-state index contributed by atoms with van der Waals surface area (Å²) in [6.45, 7) is 1.39. The summed E-state index contributed by atoms with van der Waals surface area (Å²) >= 11 is 5.89. The van der Waals surface area contributed by atoms with Crippen LogP contribution in [0.5, 0.6) is 0 Å².